The normalized spacial score (nSPS) is 11.3. The lowest BCUT2D eigenvalue weighted by Crippen LogP contribution is -2.44. The molecule has 0 saturated heterocycles. The number of nitrogens with one attached hydrogen (secondary N) is 2. The highest BCUT2D eigenvalue weighted by Gasteiger charge is 2.35. The van der Waals surface area contributed by atoms with E-state index in [2.05, 4.69) is 10.6 Å². The van der Waals surface area contributed by atoms with Crippen molar-refractivity contribution in [2.75, 3.05) is 18.0 Å². The van der Waals surface area contributed by atoms with Gasteiger partial charge < -0.3 is 15.5 Å². The zero-order valence-electron chi connectivity index (χ0n) is 13.5. The number of urea groups is 1. The van der Waals surface area contributed by atoms with Crippen molar-refractivity contribution in [3.63, 3.8) is 0 Å². The fourth-order valence-electron chi connectivity index (χ4n) is 2.01. The molecule has 0 heterocycles. The highest BCUT2D eigenvalue weighted by molar-refractivity contribution is 6.30. The number of alkyl halides is 3. The minimum absolute atomic E-state index is 0.00193. The summed E-state index contributed by atoms with van der Waals surface area (Å²) < 4.78 is 39.5. The molecule has 1 rings (SSSR count). The minimum atomic E-state index is -4.66. The van der Waals surface area contributed by atoms with Crippen molar-refractivity contribution in [3.05, 3.63) is 28.8 Å². The van der Waals surface area contributed by atoms with Crippen molar-refractivity contribution in [3.8, 4) is 0 Å². The molecule has 0 spiro atoms. The predicted octanol–water partition coefficient (Wildman–Crippen LogP) is 3.42. The third kappa shape index (κ3) is 5.92. The van der Waals surface area contributed by atoms with Gasteiger partial charge in [0.2, 0.25) is 5.91 Å². The highest BCUT2D eigenvalue weighted by atomic mass is 35.5. The van der Waals surface area contributed by atoms with Gasteiger partial charge in [-0.25, -0.2) is 4.79 Å². The Morgan fingerprint density at radius 2 is 1.92 bits per heavy atom. The molecule has 0 aromatic heterocycles. The van der Waals surface area contributed by atoms with E-state index in [1.807, 2.05) is 0 Å². The van der Waals surface area contributed by atoms with Crippen LogP contribution < -0.4 is 15.5 Å². The van der Waals surface area contributed by atoms with Gasteiger partial charge in [-0.3, -0.25) is 4.79 Å². The Morgan fingerprint density at radius 1 is 1.29 bits per heavy atom. The average Bonchev–Trinajstić information content (AvgIpc) is 2.42. The summed E-state index contributed by atoms with van der Waals surface area (Å²) in [7, 11) is 0. The summed E-state index contributed by atoms with van der Waals surface area (Å²) in [5.41, 5.74) is -1.30. The number of anilines is 1. The lowest BCUT2D eigenvalue weighted by molar-refractivity contribution is -0.137. The van der Waals surface area contributed by atoms with Crippen molar-refractivity contribution in [2.45, 2.75) is 33.0 Å². The number of nitrogens with zero attached hydrogens (tertiary/aromatic N) is 1. The van der Waals surface area contributed by atoms with Gasteiger partial charge in [0.15, 0.2) is 0 Å². The zero-order chi connectivity index (χ0) is 18.5. The molecular formula is C15H19ClF3N3O2. The van der Waals surface area contributed by atoms with Crippen molar-refractivity contribution >= 4 is 29.2 Å². The second kappa shape index (κ2) is 8.23. The van der Waals surface area contributed by atoms with Gasteiger partial charge in [0, 0.05) is 31.1 Å². The molecule has 0 radical (unpaired) electrons. The second-order valence-electron chi connectivity index (χ2n) is 5.38. The van der Waals surface area contributed by atoms with Crippen LogP contribution in [0, 0.1) is 0 Å². The van der Waals surface area contributed by atoms with Gasteiger partial charge in [0.05, 0.1) is 11.3 Å². The fraction of sp³-hybridized carbons (Fsp3) is 0.467. The summed E-state index contributed by atoms with van der Waals surface area (Å²) in [5, 5.41) is 4.99. The zero-order valence-corrected chi connectivity index (χ0v) is 14.3. The van der Waals surface area contributed by atoms with Crippen LogP contribution in [-0.4, -0.2) is 31.1 Å². The van der Waals surface area contributed by atoms with E-state index in [0.717, 1.165) is 24.0 Å². The maximum atomic E-state index is 13.2. The lowest BCUT2D eigenvalue weighted by atomic mass is 10.1. The topological polar surface area (TPSA) is 61.4 Å². The van der Waals surface area contributed by atoms with Gasteiger partial charge in [-0.15, -0.1) is 0 Å². The minimum Gasteiger partial charge on any atom is -0.336 e. The third-order valence-electron chi connectivity index (χ3n) is 2.98. The first kappa shape index (κ1) is 20.1. The predicted molar refractivity (Wildman–Crippen MR) is 86.2 cm³/mol. The van der Waals surface area contributed by atoms with Crippen LogP contribution in [0.5, 0.6) is 0 Å². The molecule has 0 aliphatic heterocycles. The molecule has 0 fully saturated rings. The Morgan fingerprint density at radius 3 is 2.42 bits per heavy atom. The third-order valence-corrected chi connectivity index (χ3v) is 3.21. The second-order valence-corrected chi connectivity index (χ2v) is 5.82. The monoisotopic (exact) mass is 365 g/mol. The number of carbonyl (C=O) groups is 2. The van der Waals surface area contributed by atoms with Crippen LogP contribution in [0.3, 0.4) is 0 Å². The maximum absolute atomic E-state index is 13.2. The Labute approximate surface area is 143 Å². The summed E-state index contributed by atoms with van der Waals surface area (Å²) in [6, 6.07) is 2.65. The van der Waals surface area contributed by atoms with Gasteiger partial charge in [0.25, 0.3) is 0 Å². The van der Waals surface area contributed by atoms with E-state index in [1.54, 1.807) is 13.8 Å². The van der Waals surface area contributed by atoms with E-state index in [9.17, 15) is 22.8 Å². The van der Waals surface area contributed by atoms with Crippen LogP contribution in [0.1, 0.15) is 26.3 Å². The number of carbonyl (C=O) groups excluding carboxylic acids is 2. The van der Waals surface area contributed by atoms with Gasteiger partial charge >= 0.3 is 12.2 Å². The van der Waals surface area contributed by atoms with Crippen molar-refractivity contribution in [1.82, 2.24) is 10.6 Å². The van der Waals surface area contributed by atoms with Crippen LogP contribution in [0.4, 0.5) is 23.7 Å². The fourth-order valence-corrected chi connectivity index (χ4v) is 2.18. The van der Waals surface area contributed by atoms with Gasteiger partial charge in [0.1, 0.15) is 0 Å². The molecule has 3 amide bonds. The van der Waals surface area contributed by atoms with Crippen LogP contribution in [-0.2, 0) is 11.0 Å². The number of rotatable bonds is 5. The Balaban J connectivity index is 2.94. The molecule has 1 aromatic carbocycles. The first-order valence-corrected chi connectivity index (χ1v) is 7.59. The van der Waals surface area contributed by atoms with E-state index in [1.165, 1.54) is 6.07 Å². The molecule has 134 valence electrons. The first-order valence-electron chi connectivity index (χ1n) is 7.21. The van der Waals surface area contributed by atoms with E-state index in [0.29, 0.717) is 0 Å². The molecule has 5 nitrogen and oxygen atoms in total. The number of hydrogen-bond donors (Lipinski definition) is 2. The number of hydrogen-bond acceptors (Lipinski definition) is 2. The van der Waals surface area contributed by atoms with Crippen molar-refractivity contribution < 1.29 is 22.8 Å². The summed E-state index contributed by atoms with van der Waals surface area (Å²) >= 11 is 5.63. The first-order chi connectivity index (χ1) is 11.0. The molecule has 0 saturated carbocycles. The quantitative estimate of drug-likeness (QED) is 0.840. The molecule has 1 aromatic rings. The Kier molecular flexibility index (Phi) is 6.89. The van der Waals surface area contributed by atoms with Crippen LogP contribution in [0.25, 0.3) is 0 Å². The summed E-state index contributed by atoms with van der Waals surface area (Å²) in [5.74, 6) is -0.575. The smallest absolute Gasteiger partial charge is 0.336 e. The van der Waals surface area contributed by atoms with Gasteiger partial charge in [-0.05, 0) is 32.0 Å². The molecule has 0 unspecified atom stereocenters. The molecule has 9 heteroatoms. The number of halogens is 4. The molecule has 24 heavy (non-hydrogen) atoms. The van der Waals surface area contributed by atoms with Crippen LogP contribution in [0.2, 0.25) is 5.02 Å². The van der Waals surface area contributed by atoms with E-state index >= 15 is 0 Å². The highest BCUT2D eigenvalue weighted by Crippen LogP contribution is 2.38. The number of benzene rings is 1. The van der Waals surface area contributed by atoms with Crippen molar-refractivity contribution in [2.24, 2.45) is 0 Å². The molecule has 0 aliphatic carbocycles. The standard InChI is InChI=1S/C15H19ClF3N3O2/c1-9(2)21-14(24)20-6-7-22(10(3)23)13-5-4-11(16)8-12(13)15(17,18)19/h4-5,8-9H,6-7H2,1-3H3,(H2,20,21,24). The summed E-state index contributed by atoms with van der Waals surface area (Å²) in [6.45, 7) is 4.59. The van der Waals surface area contributed by atoms with Gasteiger partial charge in [-0.2, -0.15) is 13.2 Å². The maximum Gasteiger partial charge on any atom is 0.418 e. The van der Waals surface area contributed by atoms with Crippen molar-refractivity contribution in [1.29, 1.82) is 0 Å². The number of amides is 3. The van der Waals surface area contributed by atoms with E-state index in [4.69, 9.17) is 11.6 Å². The Bertz CT molecular complexity index is 606. The Hall–Kier alpha value is -1.96. The largest absolute Gasteiger partial charge is 0.418 e. The average molecular weight is 366 g/mol. The summed E-state index contributed by atoms with van der Waals surface area (Å²) in [4.78, 5) is 24.2. The van der Waals surface area contributed by atoms with Gasteiger partial charge in [-0.1, -0.05) is 11.6 Å². The molecule has 0 atom stereocenters. The van der Waals surface area contributed by atoms with Crippen LogP contribution >= 0.6 is 11.6 Å². The molecule has 0 bridgehead atoms. The lowest BCUT2D eigenvalue weighted by Gasteiger charge is -2.25. The molecule has 0 aliphatic rings. The molecule has 2 N–H and O–H groups in total. The summed E-state index contributed by atoms with van der Waals surface area (Å²) in [6.07, 6.45) is -4.66. The van der Waals surface area contributed by atoms with Crippen LogP contribution in [0.15, 0.2) is 18.2 Å². The van der Waals surface area contributed by atoms with E-state index in [-0.39, 0.29) is 29.8 Å². The SMILES string of the molecule is CC(=O)N(CCNC(=O)NC(C)C)c1ccc(Cl)cc1C(F)(F)F. The molecular weight excluding hydrogens is 347 g/mol. The van der Waals surface area contributed by atoms with E-state index < -0.39 is 23.7 Å².